The van der Waals surface area contributed by atoms with Crippen molar-refractivity contribution in [1.82, 2.24) is 9.55 Å². The van der Waals surface area contributed by atoms with E-state index in [0.717, 1.165) is 16.9 Å². The molecular weight excluding hydrogens is 268 g/mol. The molecule has 0 spiro atoms. The monoisotopic (exact) mass is 282 g/mol. The van der Waals surface area contributed by atoms with E-state index in [1.165, 1.54) is 0 Å². The van der Waals surface area contributed by atoms with E-state index in [1.54, 1.807) is 6.07 Å². The molecule has 6 heteroatoms. The summed E-state index contributed by atoms with van der Waals surface area (Å²) in [5, 5.41) is 12.3. The highest BCUT2D eigenvalue weighted by Crippen LogP contribution is 2.19. The molecule has 106 valence electrons. The first-order chi connectivity index (χ1) is 10.1. The fourth-order valence-corrected chi connectivity index (χ4v) is 2.31. The first-order valence-corrected chi connectivity index (χ1v) is 6.50. The molecule has 0 bridgehead atoms. The van der Waals surface area contributed by atoms with E-state index in [2.05, 4.69) is 16.4 Å². The average Bonchev–Trinajstić information content (AvgIpc) is 2.97. The lowest BCUT2D eigenvalue weighted by Crippen LogP contribution is -2.01. The minimum Gasteiger partial charge on any atom is -0.408 e. The summed E-state index contributed by atoms with van der Waals surface area (Å²) >= 11 is 0. The number of aromatic nitrogens is 2. The number of rotatable bonds is 3. The average molecular weight is 282 g/mol. The lowest BCUT2D eigenvalue weighted by molar-refractivity contribution is 0.555. The summed E-state index contributed by atoms with van der Waals surface area (Å²) in [7, 11) is 1.87. The van der Waals surface area contributed by atoms with Crippen LogP contribution in [-0.2, 0) is 13.6 Å². The van der Waals surface area contributed by atoms with Crippen molar-refractivity contribution in [1.29, 1.82) is 5.26 Å². The van der Waals surface area contributed by atoms with Gasteiger partial charge < -0.3 is 14.3 Å². The Labute approximate surface area is 120 Å². The predicted octanol–water partition coefficient (Wildman–Crippen LogP) is 2.25. The summed E-state index contributed by atoms with van der Waals surface area (Å²) in [6, 6.07) is 9.46. The fourth-order valence-electron chi connectivity index (χ4n) is 2.31. The summed E-state index contributed by atoms with van der Waals surface area (Å²) in [5.74, 6) is -0.459. The van der Waals surface area contributed by atoms with Crippen LogP contribution in [0.15, 0.2) is 33.5 Å². The molecule has 6 nitrogen and oxygen atoms in total. The van der Waals surface area contributed by atoms with Crippen molar-refractivity contribution in [2.75, 3.05) is 5.32 Å². The van der Waals surface area contributed by atoms with Gasteiger partial charge in [-0.3, -0.25) is 4.98 Å². The lowest BCUT2D eigenvalue weighted by atomic mass is 10.2. The molecule has 1 aromatic carbocycles. The summed E-state index contributed by atoms with van der Waals surface area (Å²) in [4.78, 5) is 13.7. The van der Waals surface area contributed by atoms with Crippen LogP contribution in [0, 0.1) is 18.3 Å². The van der Waals surface area contributed by atoms with Gasteiger partial charge in [-0.1, -0.05) is 0 Å². The SMILES string of the molecule is Cc1c(CNc2ccc3oc(=O)[nH]c3c2)cc(C#N)n1C. The number of nitrogens with zero attached hydrogens (tertiary/aromatic N) is 2. The largest absolute Gasteiger partial charge is 0.417 e. The molecule has 0 aliphatic rings. The van der Waals surface area contributed by atoms with Crippen LogP contribution >= 0.6 is 0 Å². The van der Waals surface area contributed by atoms with Gasteiger partial charge >= 0.3 is 5.76 Å². The number of hydrogen-bond acceptors (Lipinski definition) is 4. The molecule has 2 heterocycles. The number of nitriles is 1. The van der Waals surface area contributed by atoms with Gasteiger partial charge in [0.25, 0.3) is 0 Å². The Kier molecular flexibility index (Phi) is 3.03. The molecular formula is C15H14N4O2. The van der Waals surface area contributed by atoms with E-state index in [-0.39, 0.29) is 0 Å². The van der Waals surface area contributed by atoms with Gasteiger partial charge in [0.15, 0.2) is 5.58 Å². The van der Waals surface area contributed by atoms with Gasteiger partial charge in [0.05, 0.1) is 5.52 Å². The topological polar surface area (TPSA) is 86.8 Å². The molecule has 0 unspecified atom stereocenters. The molecule has 0 aliphatic carbocycles. The number of hydrogen-bond donors (Lipinski definition) is 2. The van der Waals surface area contributed by atoms with Gasteiger partial charge in [-0.25, -0.2) is 4.79 Å². The molecule has 0 aliphatic heterocycles. The third-order valence-electron chi connectivity index (χ3n) is 3.66. The molecule has 2 N–H and O–H groups in total. The summed E-state index contributed by atoms with van der Waals surface area (Å²) in [5.41, 5.74) is 4.83. The first-order valence-electron chi connectivity index (χ1n) is 6.50. The molecule has 21 heavy (non-hydrogen) atoms. The number of benzene rings is 1. The predicted molar refractivity (Wildman–Crippen MR) is 79.0 cm³/mol. The Balaban J connectivity index is 1.83. The maximum absolute atomic E-state index is 11.1. The second-order valence-electron chi connectivity index (χ2n) is 4.89. The molecule has 3 aromatic rings. The second kappa shape index (κ2) is 4.87. The van der Waals surface area contributed by atoms with Crippen LogP contribution in [0.4, 0.5) is 5.69 Å². The van der Waals surface area contributed by atoms with E-state index in [1.807, 2.05) is 36.7 Å². The maximum Gasteiger partial charge on any atom is 0.417 e. The standard InChI is InChI=1S/C15H14N4O2/c1-9-10(5-12(7-16)19(9)2)8-17-11-3-4-14-13(6-11)18-15(20)21-14/h3-6,17H,8H2,1-2H3,(H,18,20). The third kappa shape index (κ3) is 2.30. The van der Waals surface area contributed by atoms with Crippen LogP contribution in [-0.4, -0.2) is 9.55 Å². The zero-order valence-corrected chi connectivity index (χ0v) is 11.7. The zero-order chi connectivity index (χ0) is 15.0. The van der Waals surface area contributed by atoms with E-state index in [4.69, 9.17) is 9.68 Å². The van der Waals surface area contributed by atoms with Crippen LogP contribution in [0.3, 0.4) is 0 Å². The second-order valence-corrected chi connectivity index (χ2v) is 4.89. The quantitative estimate of drug-likeness (QED) is 0.771. The summed E-state index contributed by atoms with van der Waals surface area (Å²) in [6.45, 7) is 2.59. The summed E-state index contributed by atoms with van der Waals surface area (Å²) < 4.78 is 6.83. The van der Waals surface area contributed by atoms with Crippen molar-refractivity contribution in [2.24, 2.45) is 7.05 Å². The van der Waals surface area contributed by atoms with E-state index < -0.39 is 5.76 Å². The Bertz CT molecular complexity index is 908. The highest BCUT2D eigenvalue weighted by Gasteiger charge is 2.08. The van der Waals surface area contributed by atoms with Gasteiger partial charge in [-0.2, -0.15) is 5.26 Å². The van der Waals surface area contributed by atoms with Gasteiger partial charge in [-0.05, 0) is 36.8 Å². The van der Waals surface area contributed by atoms with Crippen molar-refractivity contribution in [3.05, 3.63) is 51.8 Å². The van der Waals surface area contributed by atoms with Crippen molar-refractivity contribution in [3.63, 3.8) is 0 Å². The third-order valence-corrected chi connectivity index (χ3v) is 3.66. The van der Waals surface area contributed by atoms with Crippen molar-refractivity contribution in [3.8, 4) is 6.07 Å². The minimum atomic E-state index is -0.459. The van der Waals surface area contributed by atoms with Crippen LogP contribution in [0.5, 0.6) is 0 Å². The highest BCUT2D eigenvalue weighted by molar-refractivity contribution is 5.76. The Morgan fingerprint density at radius 2 is 2.24 bits per heavy atom. The summed E-state index contributed by atoms with van der Waals surface area (Å²) in [6.07, 6.45) is 0. The number of aromatic amines is 1. The molecule has 0 radical (unpaired) electrons. The van der Waals surface area contributed by atoms with Gasteiger partial charge in [-0.15, -0.1) is 0 Å². The van der Waals surface area contributed by atoms with Crippen LogP contribution < -0.4 is 11.1 Å². The molecule has 0 atom stereocenters. The van der Waals surface area contributed by atoms with Gasteiger partial charge in [0, 0.05) is 25.0 Å². The molecule has 2 aromatic heterocycles. The number of fused-ring (bicyclic) bond motifs is 1. The zero-order valence-electron chi connectivity index (χ0n) is 11.7. The Hall–Kier alpha value is -2.94. The van der Waals surface area contributed by atoms with Crippen LogP contribution in [0.1, 0.15) is 17.0 Å². The van der Waals surface area contributed by atoms with Gasteiger partial charge in [0.1, 0.15) is 11.8 Å². The number of H-pyrrole nitrogens is 1. The fraction of sp³-hybridized carbons (Fsp3) is 0.200. The van der Waals surface area contributed by atoms with Crippen LogP contribution in [0.25, 0.3) is 11.1 Å². The number of anilines is 1. The van der Waals surface area contributed by atoms with E-state index >= 15 is 0 Å². The molecule has 0 saturated carbocycles. The first kappa shape index (κ1) is 13.1. The number of nitrogens with one attached hydrogen (secondary N) is 2. The van der Waals surface area contributed by atoms with Gasteiger partial charge in [0.2, 0.25) is 0 Å². The van der Waals surface area contributed by atoms with E-state index in [9.17, 15) is 4.79 Å². The van der Waals surface area contributed by atoms with Crippen molar-refractivity contribution in [2.45, 2.75) is 13.5 Å². The molecule has 3 rings (SSSR count). The Morgan fingerprint density at radius 3 is 2.95 bits per heavy atom. The van der Waals surface area contributed by atoms with Crippen molar-refractivity contribution < 1.29 is 4.42 Å². The maximum atomic E-state index is 11.1. The molecule has 0 amide bonds. The van der Waals surface area contributed by atoms with Crippen molar-refractivity contribution >= 4 is 16.8 Å². The smallest absolute Gasteiger partial charge is 0.408 e. The molecule has 0 fully saturated rings. The Morgan fingerprint density at radius 1 is 1.43 bits per heavy atom. The highest BCUT2D eigenvalue weighted by atomic mass is 16.4. The van der Waals surface area contributed by atoms with E-state index in [0.29, 0.717) is 23.3 Å². The molecule has 0 saturated heterocycles. The lowest BCUT2D eigenvalue weighted by Gasteiger charge is -2.06. The number of oxazole rings is 1. The normalized spacial score (nSPS) is 10.7. The van der Waals surface area contributed by atoms with Crippen LogP contribution in [0.2, 0.25) is 0 Å². The minimum absolute atomic E-state index is 0.459.